The highest BCUT2D eigenvalue weighted by atomic mass is 16.6. The van der Waals surface area contributed by atoms with Gasteiger partial charge in [0, 0.05) is 17.5 Å². The Morgan fingerprint density at radius 2 is 1.82 bits per heavy atom. The molecule has 1 aromatic heterocycles. The highest BCUT2D eigenvalue weighted by Crippen LogP contribution is 2.62. The first-order valence-electron chi connectivity index (χ1n) is 21.8. The number of furan rings is 1. The number of benzene rings is 1. The molecule has 302 valence electrons. The van der Waals surface area contributed by atoms with Crippen molar-refractivity contribution in [3.05, 3.63) is 70.7 Å². The van der Waals surface area contributed by atoms with Crippen LogP contribution in [0, 0.1) is 46.3 Å². The monoisotopic (exact) mass is 756 g/mol. The van der Waals surface area contributed by atoms with Gasteiger partial charge in [0.05, 0.1) is 24.5 Å². The zero-order valence-electron chi connectivity index (χ0n) is 34.8. The molecule has 9 rings (SSSR count). The molecule has 5 saturated carbocycles. The van der Waals surface area contributed by atoms with Crippen LogP contribution in [0.2, 0.25) is 0 Å². The van der Waals surface area contributed by atoms with Crippen molar-refractivity contribution in [2.24, 2.45) is 46.3 Å². The minimum Gasteiger partial charge on any atom is -0.461 e. The molecule has 7 aliphatic rings. The average molecular weight is 756 g/mol. The maximum atomic E-state index is 14.8. The summed E-state index contributed by atoms with van der Waals surface area (Å²) in [6.45, 7) is 16.8. The minimum atomic E-state index is -1.21. The summed E-state index contributed by atoms with van der Waals surface area (Å²) >= 11 is 0. The quantitative estimate of drug-likeness (QED) is 0.206. The summed E-state index contributed by atoms with van der Waals surface area (Å²) in [4.78, 5) is 30.9. The predicted molar refractivity (Wildman–Crippen MR) is 217 cm³/mol. The van der Waals surface area contributed by atoms with Crippen molar-refractivity contribution in [1.29, 1.82) is 0 Å². The Morgan fingerprint density at radius 3 is 2.53 bits per heavy atom. The van der Waals surface area contributed by atoms with Crippen LogP contribution in [0.4, 0.5) is 4.79 Å². The van der Waals surface area contributed by atoms with E-state index in [9.17, 15) is 19.8 Å². The van der Waals surface area contributed by atoms with Crippen LogP contribution in [-0.4, -0.2) is 57.9 Å². The molecule has 7 heteroatoms. The number of nitrogens with zero attached hydrogens (tertiary/aromatic N) is 1. The Balaban J connectivity index is 1.25. The summed E-state index contributed by atoms with van der Waals surface area (Å²) < 4.78 is 12.3. The fraction of sp³-hybridized carbons (Fsp3) is 0.708. The molecule has 0 radical (unpaired) electrons. The van der Waals surface area contributed by atoms with Gasteiger partial charge in [-0.15, -0.1) is 0 Å². The summed E-state index contributed by atoms with van der Waals surface area (Å²) in [5.74, 6) is 2.96. The number of hydrogen-bond acceptors (Lipinski definition) is 6. The van der Waals surface area contributed by atoms with E-state index in [1.165, 1.54) is 31.1 Å². The predicted octanol–water partition coefficient (Wildman–Crippen LogP) is 10.5. The van der Waals surface area contributed by atoms with Gasteiger partial charge in [0.25, 0.3) is 0 Å². The SMILES string of the molecule is CC1=CCCC2(C)C(CCC2(O)CN(CC2CCC3CC2C3(C)C)C(=O)OC2CC(C)CCC2C(C)C)c2ccc(cc2C(=O)c2ccco2)CC(O)CC1. The van der Waals surface area contributed by atoms with Crippen LogP contribution in [0.5, 0.6) is 0 Å². The lowest BCUT2D eigenvalue weighted by Crippen LogP contribution is -2.58. The summed E-state index contributed by atoms with van der Waals surface area (Å²) in [5.41, 5.74) is 2.06. The molecule has 0 saturated heterocycles. The van der Waals surface area contributed by atoms with Crippen LogP contribution in [0.3, 0.4) is 0 Å². The van der Waals surface area contributed by atoms with E-state index in [2.05, 4.69) is 66.7 Å². The lowest BCUT2D eigenvalue weighted by atomic mass is 9.45. The van der Waals surface area contributed by atoms with E-state index in [1.807, 2.05) is 11.0 Å². The maximum Gasteiger partial charge on any atom is 0.410 e. The molecule has 55 heavy (non-hydrogen) atoms. The first kappa shape index (κ1) is 40.3. The molecule has 4 bridgehead atoms. The lowest BCUT2D eigenvalue weighted by Gasteiger charge is -2.60. The van der Waals surface area contributed by atoms with Crippen LogP contribution in [-0.2, 0) is 11.2 Å². The molecule has 1 aromatic carbocycles. The van der Waals surface area contributed by atoms with Gasteiger partial charge in [-0.05, 0) is 160 Å². The van der Waals surface area contributed by atoms with Crippen LogP contribution in [0.1, 0.15) is 159 Å². The zero-order chi connectivity index (χ0) is 39.3. The highest BCUT2D eigenvalue weighted by molar-refractivity contribution is 6.08. The Morgan fingerprint density at radius 1 is 1.02 bits per heavy atom. The normalized spacial score (nSPS) is 36.0. The lowest BCUT2D eigenvalue weighted by molar-refractivity contribution is -0.122. The van der Waals surface area contributed by atoms with E-state index in [4.69, 9.17) is 9.15 Å². The van der Waals surface area contributed by atoms with Crippen molar-refractivity contribution in [1.82, 2.24) is 4.90 Å². The van der Waals surface area contributed by atoms with Gasteiger partial charge in [-0.1, -0.05) is 71.7 Å². The Hall–Kier alpha value is -2.90. The standard InChI is InChI=1S/C48H69NO6/c1-30(2)37-18-13-32(4)24-43(37)55-45(52)49(28-34-15-16-35-27-41(34)46(35,5)6)29-48(53)22-20-40-38-19-14-33(26-39(38)44(51)42-11-9-23-54-42)25-36(50)17-12-31(3)10-8-21-47(40,48)7/h9-11,14,19,23,26,30,32,34-37,40-41,43,50,53H,8,12-13,15-18,20-22,24-25,27-29H2,1-7H3. The molecule has 7 aliphatic carbocycles. The number of aliphatic hydroxyl groups is 2. The number of rotatable bonds is 8. The third-order valence-electron chi connectivity index (χ3n) is 16.0. The van der Waals surface area contributed by atoms with Crippen molar-refractivity contribution < 1.29 is 29.0 Å². The van der Waals surface area contributed by atoms with Gasteiger partial charge in [0.15, 0.2) is 5.76 Å². The molecule has 1 amide bonds. The number of ether oxygens (including phenoxy) is 1. The molecule has 0 aliphatic heterocycles. The van der Waals surface area contributed by atoms with Crippen LogP contribution in [0.25, 0.3) is 0 Å². The number of fused-ring (bicyclic) bond motifs is 10. The average Bonchev–Trinajstić information content (AvgIpc) is 3.76. The number of carbonyl (C=O) groups is 2. The van der Waals surface area contributed by atoms with E-state index in [0.717, 1.165) is 49.1 Å². The van der Waals surface area contributed by atoms with Crippen molar-refractivity contribution in [3.8, 4) is 0 Å². The summed E-state index contributed by atoms with van der Waals surface area (Å²) in [6.07, 6.45) is 14.1. The van der Waals surface area contributed by atoms with Gasteiger partial charge in [-0.3, -0.25) is 4.79 Å². The van der Waals surface area contributed by atoms with Crippen molar-refractivity contribution in [2.45, 2.75) is 156 Å². The number of aliphatic hydroxyl groups excluding tert-OH is 1. The number of amides is 1. The third-order valence-corrected chi connectivity index (χ3v) is 16.0. The van der Waals surface area contributed by atoms with E-state index >= 15 is 0 Å². The Kier molecular flexibility index (Phi) is 11.6. The fourth-order valence-corrected chi connectivity index (χ4v) is 12.2. The van der Waals surface area contributed by atoms with Crippen LogP contribution >= 0.6 is 0 Å². The van der Waals surface area contributed by atoms with Gasteiger partial charge in [-0.2, -0.15) is 0 Å². The number of carbonyl (C=O) groups excluding carboxylic acids is 2. The van der Waals surface area contributed by atoms with Crippen molar-refractivity contribution in [2.75, 3.05) is 13.1 Å². The number of hydrogen-bond donors (Lipinski definition) is 2. The largest absolute Gasteiger partial charge is 0.461 e. The summed E-state index contributed by atoms with van der Waals surface area (Å²) in [5, 5.41) is 24.3. The molecule has 10 unspecified atom stereocenters. The summed E-state index contributed by atoms with van der Waals surface area (Å²) in [7, 11) is 0. The molecule has 2 aromatic rings. The molecule has 2 N–H and O–H groups in total. The molecule has 10 atom stereocenters. The number of allylic oxidation sites excluding steroid dienone is 2. The van der Waals surface area contributed by atoms with Crippen LogP contribution < -0.4 is 0 Å². The Labute approximate surface area is 330 Å². The van der Waals surface area contributed by atoms with E-state index in [-0.39, 0.29) is 41.6 Å². The second-order valence-corrected chi connectivity index (χ2v) is 20.1. The van der Waals surface area contributed by atoms with E-state index in [1.54, 1.807) is 12.1 Å². The van der Waals surface area contributed by atoms with Gasteiger partial charge in [0.1, 0.15) is 6.10 Å². The van der Waals surface area contributed by atoms with Crippen molar-refractivity contribution >= 4 is 11.9 Å². The zero-order valence-corrected chi connectivity index (χ0v) is 34.8. The van der Waals surface area contributed by atoms with E-state index < -0.39 is 17.1 Å². The smallest absolute Gasteiger partial charge is 0.410 e. The first-order chi connectivity index (χ1) is 26.1. The molecule has 1 heterocycles. The first-order valence-corrected chi connectivity index (χ1v) is 21.8. The number of ketones is 1. The second kappa shape index (κ2) is 15.8. The van der Waals surface area contributed by atoms with Crippen molar-refractivity contribution in [3.63, 3.8) is 0 Å². The van der Waals surface area contributed by atoms with Gasteiger partial charge < -0.3 is 24.3 Å². The maximum absolute atomic E-state index is 14.8. The highest BCUT2D eigenvalue weighted by Gasteiger charge is 2.59. The Bertz CT molecular complexity index is 1710. The molecular formula is C48H69NO6. The van der Waals surface area contributed by atoms with Gasteiger partial charge in [-0.25, -0.2) is 4.79 Å². The van der Waals surface area contributed by atoms with E-state index in [0.29, 0.717) is 73.8 Å². The minimum absolute atomic E-state index is 0.120. The second-order valence-electron chi connectivity index (χ2n) is 20.1. The van der Waals surface area contributed by atoms with Gasteiger partial charge >= 0.3 is 6.09 Å². The van der Waals surface area contributed by atoms with Crippen LogP contribution in [0.15, 0.2) is 52.7 Å². The topological polar surface area (TPSA) is 100 Å². The molecular weight excluding hydrogens is 687 g/mol. The van der Waals surface area contributed by atoms with Gasteiger partial charge in [0.2, 0.25) is 5.78 Å². The fourth-order valence-electron chi connectivity index (χ4n) is 12.2. The molecule has 5 fully saturated rings. The third kappa shape index (κ3) is 7.87. The molecule has 7 nitrogen and oxygen atoms in total. The summed E-state index contributed by atoms with van der Waals surface area (Å²) in [6, 6.07) is 9.52. The molecule has 0 spiro atoms.